The third kappa shape index (κ3) is 3.59. The molecule has 20 heavy (non-hydrogen) atoms. The molecule has 2 rings (SSSR count). The molecule has 0 unspecified atom stereocenters. The topological polar surface area (TPSA) is 64.4 Å². The molecule has 1 amide bonds. The molecule has 1 saturated heterocycles. The predicted octanol–water partition coefficient (Wildman–Crippen LogP) is 2.17. The molecule has 0 saturated carbocycles. The van der Waals surface area contributed by atoms with Crippen molar-refractivity contribution in [1.29, 1.82) is 0 Å². The minimum atomic E-state index is -0.515. The molecule has 2 heterocycles. The van der Waals surface area contributed by atoms with Crippen LogP contribution in [0.1, 0.15) is 38.4 Å². The maximum Gasteiger partial charge on any atom is 0.410 e. The van der Waals surface area contributed by atoms with Gasteiger partial charge >= 0.3 is 6.09 Å². The summed E-state index contributed by atoms with van der Waals surface area (Å²) < 4.78 is 6.83. The first-order chi connectivity index (χ1) is 9.37. The first-order valence-electron chi connectivity index (χ1n) is 6.87. The van der Waals surface area contributed by atoms with Crippen LogP contribution in [0.4, 0.5) is 4.79 Å². The molecule has 1 aromatic heterocycles. The van der Waals surface area contributed by atoms with E-state index in [-0.39, 0.29) is 17.9 Å². The SMILES string of the molecule is CC(C)(C)OC(=O)N1CCC[C@@H](C(=O)n2ccnc2)C1. The van der Waals surface area contributed by atoms with Crippen LogP contribution in [-0.4, -0.2) is 45.1 Å². The summed E-state index contributed by atoms with van der Waals surface area (Å²) in [6.45, 7) is 6.56. The summed E-state index contributed by atoms with van der Waals surface area (Å²) in [5.41, 5.74) is -0.515. The van der Waals surface area contributed by atoms with E-state index in [0.29, 0.717) is 13.1 Å². The Bertz CT molecular complexity index is 476. The van der Waals surface area contributed by atoms with Crippen LogP contribution in [0.25, 0.3) is 0 Å². The standard InChI is InChI=1S/C14H21N3O3/c1-14(2,3)20-13(19)16-7-4-5-11(9-16)12(18)17-8-6-15-10-17/h6,8,10-11H,4-5,7,9H2,1-3H3/t11-/m1/s1. The number of imidazole rings is 1. The molecule has 0 aliphatic carbocycles. The molecule has 6 heteroatoms. The second-order valence-electron chi connectivity index (χ2n) is 6.07. The summed E-state index contributed by atoms with van der Waals surface area (Å²) in [6.07, 6.45) is 5.96. The largest absolute Gasteiger partial charge is 0.444 e. The van der Waals surface area contributed by atoms with E-state index in [2.05, 4.69) is 4.98 Å². The Balaban J connectivity index is 1.98. The zero-order valence-corrected chi connectivity index (χ0v) is 12.2. The number of piperidine rings is 1. The Kier molecular flexibility index (Phi) is 4.11. The van der Waals surface area contributed by atoms with Crippen molar-refractivity contribution in [1.82, 2.24) is 14.5 Å². The zero-order valence-electron chi connectivity index (χ0n) is 12.2. The van der Waals surface area contributed by atoms with Gasteiger partial charge in [0.15, 0.2) is 0 Å². The van der Waals surface area contributed by atoms with E-state index in [9.17, 15) is 9.59 Å². The van der Waals surface area contributed by atoms with Gasteiger partial charge in [0.25, 0.3) is 0 Å². The fraction of sp³-hybridized carbons (Fsp3) is 0.643. The van der Waals surface area contributed by atoms with E-state index >= 15 is 0 Å². The van der Waals surface area contributed by atoms with Crippen LogP contribution in [0.5, 0.6) is 0 Å². The number of carbonyl (C=O) groups excluding carboxylic acids is 2. The Morgan fingerprint density at radius 3 is 2.70 bits per heavy atom. The van der Waals surface area contributed by atoms with E-state index in [1.165, 1.54) is 10.9 Å². The number of likely N-dealkylation sites (tertiary alicyclic amines) is 1. The molecule has 1 aromatic rings. The monoisotopic (exact) mass is 279 g/mol. The number of nitrogens with zero attached hydrogens (tertiary/aromatic N) is 3. The average Bonchev–Trinajstić information content (AvgIpc) is 2.90. The van der Waals surface area contributed by atoms with Crippen molar-refractivity contribution in [3.63, 3.8) is 0 Å². The summed E-state index contributed by atoms with van der Waals surface area (Å²) in [4.78, 5) is 29.8. The summed E-state index contributed by atoms with van der Waals surface area (Å²) in [6, 6.07) is 0. The zero-order chi connectivity index (χ0) is 14.8. The molecule has 1 atom stereocenters. The molecule has 0 bridgehead atoms. The molecule has 110 valence electrons. The fourth-order valence-electron chi connectivity index (χ4n) is 2.27. The van der Waals surface area contributed by atoms with Gasteiger partial charge in [-0.25, -0.2) is 9.78 Å². The highest BCUT2D eigenvalue weighted by Gasteiger charge is 2.31. The number of carbonyl (C=O) groups is 2. The van der Waals surface area contributed by atoms with Gasteiger partial charge < -0.3 is 9.64 Å². The number of hydrogen-bond acceptors (Lipinski definition) is 4. The number of ether oxygens (including phenoxy) is 1. The highest BCUT2D eigenvalue weighted by atomic mass is 16.6. The minimum absolute atomic E-state index is 0.0178. The van der Waals surface area contributed by atoms with Crippen molar-refractivity contribution in [2.45, 2.75) is 39.2 Å². The average molecular weight is 279 g/mol. The minimum Gasteiger partial charge on any atom is -0.444 e. The lowest BCUT2D eigenvalue weighted by molar-refractivity contribution is 0.0165. The van der Waals surface area contributed by atoms with Crippen molar-refractivity contribution >= 4 is 12.0 Å². The van der Waals surface area contributed by atoms with Gasteiger partial charge in [0.1, 0.15) is 11.9 Å². The fourth-order valence-corrected chi connectivity index (χ4v) is 2.27. The van der Waals surface area contributed by atoms with Gasteiger partial charge in [-0.2, -0.15) is 0 Å². The molecular formula is C14H21N3O3. The smallest absolute Gasteiger partial charge is 0.410 e. The highest BCUT2D eigenvalue weighted by Crippen LogP contribution is 2.20. The summed E-state index contributed by atoms with van der Waals surface area (Å²) in [5.74, 6) is -0.207. The molecule has 0 radical (unpaired) electrons. The number of rotatable bonds is 1. The van der Waals surface area contributed by atoms with Gasteiger partial charge in [0.05, 0.1) is 5.92 Å². The maximum absolute atomic E-state index is 12.3. The molecule has 1 aliphatic heterocycles. The van der Waals surface area contributed by atoms with Crippen molar-refractivity contribution in [2.75, 3.05) is 13.1 Å². The van der Waals surface area contributed by atoms with Crippen molar-refractivity contribution < 1.29 is 14.3 Å². The number of hydrogen-bond donors (Lipinski definition) is 0. The highest BCUT2D eigenvalue weighted by molar-refractivity contribution is 5.82. The lowest BCUT2D eigenvalue weighted by Crippen LogP contribution is -2.45. The maximum atomic E-state index is 12.3. The normalized spacial score (nSPS) is 19.8. The number of aromatic nitrogens is 2. The third-order valence-electron chi connectivity index (χ3n) is 3.18. The first-order valence-corrected chi connectivity index (χ1v) is 6.87. The Morgan fingerprint density at radius 1 is 1.35 bits per heavy atom. The lowest BCUT2D eigenvalue weighted by Gasteiger charge is -2.33. The van der Waals surface area contributed by atoms with Gasteiger partial charge in [0, 0.05) is 25.5 Å². The van der Waals surface area contributed by atoms with Gasteiger partial charge in [-0.3, -0.25) is 9.36 Å². The summed E-state index contributed by atoms with van der Waals surface area (Å²) in [7, 11) is 0. The first kappa shape index (κ1) is 14.6. The van der Waals surface area contributed by atoms with E-state index in [4.69, 9.17) is 4.74 Å². The Hall–Kier alpha value is -1.85. The summed E-state index contributed by atoms with van der Waals surface area (Å²) >= 11 is 0. The Morgan fingerprint density at radius 2 is 2.10 bits per heavy atom. The van der Waals surface area contributed by atoms with E-state index < -0.39 is 5.60 Å². The molecule has 0 N–H and O–H groups in total. The van der Waals surface area contributed by atoms with Gasteiger partial charge in [-0.05, 0) is 33.6 Å². The number of amides is 1. The molecule has 1 aliphatic rings. The van der Waals surface area contributed by atoms with Crippen LogP contribution in [-0.2, 0) is 4.74 Å². The van der Waals surface area contributed by atoms with Crippen LogP contribution in [0.3, 0.4) is 0 Å². The Labute approximate surface area is 118 Å². The molecular weight excluding hydrogens is 258 g/mol. The van der Waals surface area contributed by atoms with Gasteiger partial charge in [-0.15, -0.1) is 0 Å². The summed E-state index contributed by atoms with van der Waals surface area (Å²) in [5, 5.41) is 0. The van der Waals surface area contributed by atoms with E-state index in [1.807, 2.05) is 20.8 Å². The van der Waals surface area contributed by atoms with Crippen LogP contribution in [0.2, 0.25) is 0 Å². The molecule has 0 spiro atoms. The molecule has 0 aromatic carbocycles. The van der Waals surface area contributed by atoms with Crippen LogP contribution >= 0.6 is 0 Å². The van der Waals surface area contributed by atoms with Crippen LogP contribution < -0.4 is 0 Å². The second-order valence-corrected chi connectivity index (χ2v) is 6.07. The lowest BCUT2D eigenvalue weighted by atomic mass is 9.97. The van der Waals surface area contributed by atoms with E-state index in [0.717, 1.165) is 12.8 Å². The van der Waals surface area contributed by atoms with Crippen molar-refractivity contribution in [3.05, 3.63) is 18.7 Å². The van der Waals surface area contributed by atoms with Crippen molar-refractivity contribution in [3.8, 4) is 0 Å². The van der Waals surface area contributed by atoms with Crippen LogP contribution in [0.15, 0.2) is 18.7 Å². The molecule has 6 nitrogen and oxygen atoms in total. The second kappa shape index (κ2) is 5.64. The quantitative estimate of drug-likeness (QED) is 0.790. The molecule has 1 fully saturated rings. The van der Waals surface area contributed by atoms with Crippen LogP contribution in [0, 0.1) is 5.92 Å². The third-order valence-corrected chi connectivity index (χ3v) is 3.18. The van der Waals surface area contributed by atoms with Crippen molar-refractivity contribution in [2.24, 2.45) is 5.92 Å². The van der Waals surface area contributed by atoms with Gasteiger partial charge in [0.2, 0.25) is 5.91 Å². The van der Waals surface area contributed by atoms with Gasteiger partial charge in [-0.1, -0.05) is 0 Å². The van der Waals surface area contributed by atoms with E-state index in [1.54, 1.807) is 17.3 Å². The predicted molar refractivity (Wildman–Crippen MR) is 73.4 cm³/mol.